The summed E-state index contributed by atoms with van der Waals surface area (Å²) in [6.45, 7) is 2.23. The number of benzene rings is 2. The van der Waals surface area contributed by atoms with Crippen molar-refractivity contribution in [1.82, 2.24) is 14.9 Å². The summed E-state index contributed by atoms with van der Waals surface area (Å²) in [7, 11) is 0. The number of carbonyl (C=O) groups is 4. The van der Waals surface area contributed by atoms with Crippen molar-refractivity contribution < 1.29 is 24.3 Å². The van der Waals surface area contributed by atoms with Gasteiger partial charge in [0, 0.05) is 13.5 Å². The van der Waals surface area contributed by atoms with Gasteiger partial charge in [-0.1, -0.05) is 54.6 Å². The average molecular weight is 466 g/mol. The molecule has 3 rings (SSSR count). The molecule has 4 amide bonds. The number of hydrazone groups is 1. The third kappa shape index (κ3) is 4.46. The molecule has 11 nitrogen and oxygen atoms in total. The van der Waals surface area contributed by atoms with Crippen LogP contribution in [0.3, 0.4) is 0 Å². The van der Waals surface area contributed by atoms with Gasteiger partial charge in [0.1, 0.15) is 11.6 Å². The second-order valence-corrected chi connectivity index (χ2v) is 7.99. The van der Waals surface area contributed by atoms with Gasteiger partial charge < -0.3 is 16.7 Å². The number of hydrogen-bond donors (Lipinski definition) is 3. The number of nitrogens with zero attached hydrogens (tertiary/aromatic N) is 4. The number of carboxylic acids is 1. The van der Waals surface area contributed by atoms with Crippen LogP contribution in [0.5, 0.6) is 0 Å². The van der Waals surface area contributed by atoms with E-state index in [1.54, 1.807) is 31.2 Å². The highest BCUT2D eigenvalue weighted by molar-refractivity contribution is 6.08. The Balaban J connectivity index is 2.10. The van der Waals surface area contributed by atoms with Crippen LogP contribution in [-0.2, 0) is 26.5 Å². The molecule has 0 radical (unpaired) electrons. The Labute approximate surface area is 196 Å². The minimum absolute atomic E-state index is 0.0706. The molecule has 2 atom stereocenters. The summed E-state index contributed by atoms with van der Waals surface area (Å²) in [5.74, 6) is 2.43. The number of carboxylic acid groups (broad SMARTS) is 1. The lowest BCUT2D eigenvalue weighted by Crippen LogP contribution is -2.55. The van der Waals surface area contributed by atoms with E-state index in [0.29, 0.717) is 16.1 Å². The standard InChI is InChI=1S/C23H26N6O5/c1-15(30)28(14-19(24)20(31)32)29-21(33)23(2,18-10-8-16(9-11-18)12-26-25)27(22(29)34)13-17-6-4-3-5-7-17/h3-12,19H,13-14,24-25H2,1-2H3,(H,31,32)/t19-,23+/m0/s1. The van der Waals surface area contributed by atoms with E-state index < -0.39 is 41.9 Å². The Morgan fingerprint density at radius 2 is 1.76 bits per heavy atom. The van der Waals surface area contributed by atoms with Gasteiger partial charge in [0.25, 0.3) is 5.91 Å². The zero-order valence-electron chi connectivity index (χ0n) is 18.8. The van der Waals surface area contributed by atoms with Crippen LogP contribution in [0.15, 0.2) is 59.7 Å². The molecule has 0 aromatic heterocycles. The zero-order chi connectivity index (χ0) is 25.0. The molecular formula is C23H26N6O5. The summed E-state index contributed by atoms with van der Waals surface area (Å²) in [5.41, 5.74) is 6.07. The predicted molar refractivity (Wildman–Crippen MR) is 123 cm³/mol. The topological polar surface area (TPSA) is 163 Å². The Morgan fingerprint density at radius 1 is 1.15 bits per heavy atom. The van der Waals surface area contributed by atoms with Gasteiger partial charge in [0.05, 0.1) is 12.8 Å². The Bertz CT molecular complexity index is 1120. The second-order valence-electron chi connectivity index (χ2n) is 7.99. The highest BCUT2D eigenvalue weighted by Gasteiger charge is 2.57. The van der Waals surface area contributed by atoms with E-state index in [2.05, 4.69) is 5.10 Å². The fourth-order valence-electron chi connectivity index (χ4n) is 3.79. The molecule has 5 N–H and O–H groups in total. The normalized spacial score (nSPS) is 19.0. The van der Waals surface area contributed by atoms with E-state index >= 15 is 0 Å². The molecule has 34 heavy (non-hydrogen) atoms. The molecule has 0 bridgehead atoms. The minimum Gasteiger partial charge on any atom is -0.480 e. The lowest BCUT2D eigenvalue weighted by Gasteiger charge is -2.32. The predicted octanol–water partition coefficient (Wildman–Crippen LogP) is 0.834. The number of carbonyl (C=O) groups excluding carboxylic acids is 3. The number of urea groups is 1. The lowest BCUT2D eigenvalue weighted by molar-refractivity contribution is -0.158. The summed E-state index contributed by atoms with van der Waals surface area (Å²) in [6, 6.07) is 13.5. The van der Waals surface area contributed by atoms with Crippen LogP contribution in [0.25, 0.3) is 0 Å². The molecule has 0 spiro atoms. The summed E-state index contributed by atoms with van der Waals surface area (Å²) >= 11 is 0. The molecule has 178 valence electrons. The first kappa shape index (κ1) is 24.4. The largest absolute Gasteiger partial charge is 0.480 e. The zero-order valence-corrected chi connectivity index (χ0v) is 18.8. The quantitative estimate of drug-likeness (QED) is 0.225. The Hall–Kier alpha value is -4.25. The third-order valence-electron chi connectivity index (χ3n) is 5.73. The molecule has 1 aliphatic rings. The van der Waals surface area contributed by atoms with E-state index in [1.165, 1.54) is 11.1 Å². The number of amides is 4. The van der Waals surface area contributed by atoms with Gasteiger partial charge in [-0.05, 0) is 23.6 Å². The van der Waals surface area contributed by atoms with Crippen LogP contribution in [0.4, 0.5) is 4.79 Å². The molecule has 1 aliphatic heterocycles. The van der Waals surface area contributed by atoms with Gasteiger partial charge in [-0.25, -0.2) is 9.80 Å². The van der Waals surface area contributed by atoms with Gasteiger partial charge in [-0.15, -0.1) is 0 Å². The van der Waals surface area contributed by atoms with Crippen LogP contribution in [0.1, 0.15) is 30.5 Å². The summed E-state index contributed by atoms with van der Waals surface area (Å²) in [6.07, 6.45) is 1.44. The SMILES string of the molecule is CC(=O)N(C[C@H](N)C(=O)O)N1C(=O)N(Cc2ccccc2)[C@](C)(c2ccc(C=NN)cc2)C1=O. The van der Waals surface area contributed by atoms with Gasteiger partial charge >= 0.3 is 12.0 Å². The van der Waals surface area contributed by atoms with Crippen molar-refractivity contribution in [2.75, 3.05) is 6.54 Å². The first-order chi connectivity index (χ1) is 16.1. The van der Waals surface area contributed by atoms with Crippen molar-refractivity contribution in [1.29, 1.82) is 0 Å². The van der Waals surface area contributed by atoms with Gasteiger partial charge in [-0.2, -0.15) is 10.1 Å². The van der Waals surface area contributed by atoms with Crippen molar-refractivity contribution in [3.05, 3.63) is 71.3 Å². The van der Waals surface area contributed by atoms with Gasteiger partial charge in [0.15, 0.2) is 0 Å². The maximum Gasteiger partial charge on any atom is 0.347 e. The van der Waals surface area contributed by atoms with Crippen LogP contribution >= 0.6 is 0 Å². The maximum atomic E-state index is 13.8. The van der Waals surface area contributed by atoms with Crippen molar-refractivity contribution >= 4 is 30.0 Å². The molecule has 1 saturated heterocycles. The van der Waals surface area contributed by atoms with Crippen LogP contribution in [-0.4, -0.2) is 62.6 Å². The molecule has 2 aromatic rings. The van der Waals surface area contributed by atoms with E-state index in [1.807, 2.05) is 30.3 Å². The molecule has 11 heteroatoms. The third-order valence-corrected chi connectivity index (χ3v) is 5.73. The van der Waals surface area contributed by atoms with Gasteiger partial charge in [0.2, 0.25) is 5.91 Å². The fraction of sp³-hybridized carbons (Fsp3) is 0.261. The minimum atomic E-state index is -1.49. The van der Waals surface area contributed by atoms with Crippen molar-refractivity contribution in [3.63, 3.8) is 0 Å². The van der Waals surface area contributed by atoms with E-state index in [4.69, 9.17) is 11.6 Å². The Morgan fingerprint density at radius 3 is 2.29 bits per heavy atom. The number of imide groups is 1. The molecule has 0 saturated carbocycles. The lowest BCUT2D eigenvalue weighted by atomic mass is 9.89. The van der Waals surface area contributed by atoms with Gasteiger partial charge in [-0.3, -0.25) is 19.3 Å². The maximum absolute atomic E-state index is 13.8. The summed E-state index contributed by atoms with van der Waals surface area (Å²) < 4.78 is 0. The monoisotopic (exact) mass is 466 g/mol. The van der Waals surface area contributed by atoms with E-state index in [0.717, 1.165) is 17.5 Å². The van der Waals surface area contributed by atoms with E-state index in [-0.39, 0.29) is 6.54 Å². The van der Waals surface area contributed by atoms with Crippen molar-refractivity contribution in [3.8, 4) is 0 Å². The molecule has 1 fully saturated rings. The molecule has 2 aromatic carbocycles. The number of aliphatic carboxylic acids is 1. The number of hydrazine groups is 1. The highest BCUT2D eigenvalue weighted by atomic mass is 16.4. The van der Waals surface area contributed by atoms with E-state index in [9.17, 15) is 24.3 Å². The summed E-state index contributed by atoms with van der Waals surface area (Å²) in [4.78, 5) is 52.4. The first-order valence-corrected chi connectivity index (χ1v) is 10.4. The molecule has 0 unspecified atom stereocenters. The number of hydrogen-bond acceptors (Lipinski definition) is 7. The van der Waals surface area contributed by atoms with Crippen LogP contribution < -0.4 is 11.6 Å². The van der Waals surface area contributed by atoms with Crippen LogP contribution in [0.2, 0.25) is 0 Å². The Kier molecular flexibility index (Phi) is 6.97. The highest BCUT2D eigenvalue weighted by Crippen LogP contribution is 2.39. The second kappa shape index (κ2) is 9.71. The number of nitrogens with two attached hydrogens (primary N) is 2. The van der Waals surface area contributed by atoms with Crippen molar-refractivity contribution in [2.24, 2.45) is 16.7 Å². The van der Waals surface area contributed by atoms with Crippen molar-refractivity contribution in [2.45, 2.75) is 32.0 Å². The van der Waals surface area contributed by atoms with Crippen LogP contribution in [0, 0.1) is 0 Å². The molecular weight excluding hydrogens is 440 g/mol. The first-order valence-electron chi connectivity index (χ1n) is 10.4. The number of rotatable bonds is 8. The summed E-state index contributed by atoms with van der Waals surface area (Å²) in [5, 5.41) is 14.1. The molecule has 0 aliphatic carbocycles. The molecule has 1 heterocycles. The average Bonchev–Trinajstić information content (AvgIpc) is 2.99. The fourth-order valence-corrected chi connectivity index (χ4v) is 3.79. The smallest absolute Gasteiger partial charge is 0.347 e.